The summed E-state index contributed by atoms with van der Waals surface area (Å²) in [6.07, 6.45) is 6.18. The van der Waals surface area contributed by atoms with E-state index in [-0.39, 0.29) is 11.8 Å². The molecule has 0 aliphatic heterocycles. The Balaban J connectivity index is 1.41. The van der Waals surface area contributed by atoms with Crippen molar-refractivity contribution < 1.29 is 14.7 Å². The van der Waals surface area contributed by atoms with Crippen molar-refractivity contribution >= 4 is 22.6 Å². The van der Waals surface area contributed by atoms with Gasteiger partial charge in [0.25, 0.3) is 0 Å². The normalized spacial score (nSPS) is 16.5. The van der Waals surface area contributed by atoms with Crippen LogP contribution in [0.3, 0.4) is 0 Å². The predicted octanol–water partition coefficient (Wildman–Crippen LogP) is 4.59. The fourth-order valence-electron chi connectivity index (χ4n) is 4.08. The van der Waals surface area contributed by atoms with E-state index in [0.29, 0.717) is 37.0 Å². The Morgan fingerprint density at radius 3 is 2.67 bits per heavy atom. The molecule has 1 unspecified atom stereocenters. The summed E-state index contributed by atoms with van der Waals surface area (Å²) in [4.78, 5) is 28.5. The van der Waals surface area contributed by atoms with Gasteiger partial charge < -0.3 is 10.4 Å². The SMILES string of the molecule is O=C(CCc1ccc2ccccc2c1)NC1=C(C(=O)O)CC(c2cccnc2)CC1. The van der Waals surface area contributed by atoms with E-state index in [4.69, 9.17) is 0 Å². The number of carboxylic acid groups (broad SMARTS) is 1. The highest BCUT2D eigenvalue weighted by molar-refractivity contribution is 5.89. The topological polar surface area (TPSA) is 79.3 Å². The van der Waals surface area contributed by atoms with Gasteiger partial charge in [-0.25, -0.2) is 4.79 Å². The number of aryl methyl sites for hydroxylation is 1. The summed E-state index contributed by atoms with van der Waals surface area (Å²) in [7, 11) is 0. The summed E-state index contributed by atoms with van der Waals surface area (Å²) in [5.74, 6) is -0.992. The summed E-state index contributed by atoms with van der Waals surface area (Å²) in [6.45, 7) is 0. The smallest absolute Gasteiger partial charge is 0.333 e. The first kappa shape index (κ1) is 19.8. The fourth-order valence-corrected chi connectivity index (χ4v) is 4.08. The molecule has 5 nitrogen and oxygen atoms in total. The molecule has 0 fully saturated rings. The number of nitrogens with zero attached hydrogens (tertiary/aromatic N) is 1. The first-order valence-electron chi connectivity index (χ1n) is 10.2. The van der Waals surface area contributed by atoms with E-state index < -0.39 is 5.97 Å². The fraction of sp³-hybridized carbons (Fsp3) is 0.240. The van der Waals surface area contributed by atoms with Gasteiger partial charge in [-0.3, -0.25) is 9.78 Å². The highest BCUT2D eigenvalue weighted by Crippen LogP contribution is 2.35. The van der Waals surface area contributed by atoms with Crippen LogP contribution in [0.2, 0.25) is 0 Å². The van der Waals surface area contributed by atoms with Crippen LogP contribution in [-0.2, 0) is 16.0 Å². The van der Waals surface area contributed by atoms with Crippen molar-refractivity contribution in [2.45, 2.75) is 38.0 Å². The van der Waals surface area contributed by atoms with Crippen LogP contribution in [0.15, 0.2) is 78.3 Å². The molecule has 3 aromatic rings. The molecule has 30 heavy (non-hydrogen) atoms. The molecule has 1 aliphatic carbocycles. The van der Waals surface area contributed by atoms with Crippen molar-refractivity contribution in [3.63, 3.8) is 0 Å². The van der Waals surface area contributed by atoms with Gasteiger partial charge >= 0.3 is 5.97 Å². The summed E-state index contributed by atoms with van der Waals surface area (Å²) in [5, 5.41) is 14.9. The van der Waals surface area contributed by atoms with Crippen LogP contribution >= 0.6 is 0 Å². The van der Waals surface area contributed by atoms with Crippen LogP contribution < -0.4 is 5.32 Å². The third-order valence-electron chi connectivity index (χ3n) is 5.72. The van der Waals surface area contributed by atoms with E-state index in [1.165, 1.54) is 5.39 Å². The summed E-state index contributed by atoms with van der Waals surface area (Å²) < 4.78 is 0. The first-order chi connectivity index (χ1) is 14.6. The number of carbonyl (C=O) groups is 2. The number of aromatic nitrogens is 1. The molecule has 2 aromatic carbocycles. The van der Waals surface area contributed by atoms with Crippen molar-refractivity contribution in [3.8, 4) is 0 Å². The molecule has 1 aliphatic rings. The lowest BCUT2D eigenvalue weighted by atomic mass is 9.82. The Labute approximate surface area is 175 Å². The number of carboxylic acids is 1. The van der Waals surface area contributed by atoms with Crippen molar-refractivity contribution in [1.82, 2.24) is 10.3 Å². The van der Waals surface area contributed by atoms with Gasteiger partial charge in [-0.15, -0.1) is 0 Å². The Morgan fingerprint density at radius 1 is 1.07 bits per heavy atom. The second-order valence-electron chi connectivity index (χ2n) is 7.72. The van der Waals surface area contributed by atoms with E-state index in [0.717, 1.165) is 22.9 Å². The lowest BCUT2D eigenvalue weighted by molar-refractivity contribution is -0.133. The number of nitrogens with one attached hydrogen (secondary N) is 1. The van der Waals surface area contributed by atoms with Crippen LogP contribution in [0.5, 0.6) is 0 Å². The molecule has 2 N–H and O–H groups in total. The second-order valence-corrected chi connectivity index (χ2v) is 7.72. The quantitative estimate of drug-likeness (QED) is 0.634. The standard InChI is InChI=1S/C25H24N2O3/c28-24(12-8-17-7-9-18-4-1-2-5-19(18)14-17)27-23-11-10-20(15-22(23)25(29)30)21-6-3-13-26-16-21/h1-7,9,13-14,16,20H,8,10-12,15H2,(H,27,28)(H,29,30). The van der Waals surface area contributed by atoms with Gasteiger partial charge in [-0.1, -0.05) is 48.5 Å². The third-order valence-corrected chi connectivity index (χ3v) is 5.72. The van der Waals surface area contributed by atoms with Crippen molar-refractivity contribution in [2.75, 3.05) is 0 Å². The van der Waals surface area contributed by atoms with Gasteiger partial charge in [-0.2, -0.15) is 0 Å². The zero-order valence-electron chi connectivity index (χ0n) is 16.7. The minimum atomic E-state index is -0.964. The zero-order chi connectivity index (χ0) is 20.9. The minimum absolute atomic E-state index is 0.114. The van der Waals surface area contributed by atoms with Crippen LogP contribution in [-0.4, -0.2) is 22.0 Å². The number of hydrogen-bond acceptors (Lipinski definition) is 3. The lowest BCUT2D eigenvalue weighted by Crippen LogP contribution is -2.29. The van der Waals surface area contributed by atoms with Gasteiger partial charge in [0.15, 0.2) is 0 Å². The summed E-state index contributed by atoms with van der Waals surface area (Å²) in [5.41, 5.74) is 2.98. The highest BCUT2D eigenvalue weighted by Gasteiger charge is 2.27. The Morgan fingerprint density at radius 2 is 1.90 bits per heavy atom. The molecular weight excluding hydrogens is 376 g/mol. The monoisotopic (exact) mass is 400 g/mol. The van der Waals surface area contributed by atoms with Crippen LogP contribution in [0, 0.1) is 0 Å². The van der Waals surface area contributed by atoms with Crippen LogP contribution in [0.1, 0.15) is 42.7 Å². The maximum Gasteiger partial charge on any atom is 0.333 e. The number of amides is 1. The Hall–Kier alpha value is -3.47. The molecule has 1 atom stereocenters. The van der Waals surface area contributed by atoms with Gasteiger partial charge in [0.1, 0.15) is 0 Å². The molecule has 1 heterocycles. The number of rotatable bonds is 6. The first-order valence-corrected chi connectivity index (χ1v) is 10.2. The van der Waals surface area contributed by atoms with Crippen molar-refractivity contribution in [2.24, 2.45) is 0 Å². The van der Waals surface area contributed by atoms with E-state index in [9.17, 15) is 14.7 Å². The molecule has 1 aromatic heterocycles. The predicted molar refractivity (Wildman–Crippen MR) is 116 cm³/mol. The molecule has 0 saturated carbocycles. The van der Waals surface area contributed by atoms with Crippen molar-refractivity contribution in [3.05, 3.63) is 89.4 Å². The number of allylic oxidation sites excluding steroid dienone is 1. The minimum Gasteiger partial charge on any atom is -0.478 e. The maximum atomic E-state index is 12.5. The lowest BCUT2D eigenvalue weighted by Gasteiger charge is -2.26. The maximum absolute atomic E-state index is 12.5. The molecule has 0 saturated heterocycles. The molecule has 0 spiro atoms. The number of aliphatic carboxylic acids is 1. The van der Waals surface area contributed by atoms with E-state index in [1.54, 1.807) is 12.4 Å². The Kier molecular flexibility index (Phi) is 5.89. The molecular formula is C25H24N2O3. The van der Waals surface area contributed by atoms with Gasteiger partial charge in [0.2, 0.25) is 5.91 Å². The molecule has 1 amide bonds. The number of benzene rings is 2. The summed E-state index contributed by atoms with van der Waals surface area (Å²) >= 11 is 0. The van der Waals surface area contributed by atoms with Gasteiger partial charge in [0, 0.05) is 24.5 Å². The highest BCUT2D eigenvalue weighted by atomic mass is 16.4. The molecule has 0 radical (unpaired) electrons. The number of carbonyl (C=O) groups excluding carboxylic acids is 1. The average Bonchev–Trinajstić information content (AvgIpc) is 2.78. The zero-order valence-corrected chi connectivity index (χ0v) is 16.7. The third kappa shape index (κ3) is 4.57. The van der Waals surface area contributed by atoms with E-state index in [2.05, 4.69) is 34.6 Å². The van der Waals surface area contributed by atoms with E-state index >= 15 is 0 Å². The summed E-state index contributed by atoms with van der Waals surface area (Å²) in [6, 6.07) is 18.2. The Bertz CT molecular complexity index is 1110. The van der Waals surface area contributed by atoms with E-state index in [1.807, 2.05) is 30.3 Å². The largest absolute Gasteiger partial charge is 0.478 e. The molecule has 4 rings (SSSR count). The molecule has 152 valence electrons. The second kappa shape index (κ2) is 8.91. The van der Waals surface area contributed by atoms with Crippen LogP contribution in [0.4, 0.5) is 0 Å². The number of hydrogen-bond donors (Lipinski definition) is 2. The van der Waals surface area contributed by atoms with Gasteiger partial charge in [0.05, 0.1) is 5.57 Å². The molecule has 0 bridgehead atoms. The van der Waals surface area contributed by atoms with Crippen LogP contribution in [0.25, 0.3) is 10.8 Å². The number of pyridine rings is 1. The van der Waals surface area contributed by atoms with Crippen molar-refractivity contribution in [1.29, 1.82) is 0 Å². The average molecular weight is 400 g/mol. The number of fused-ring (bicyclic) bond motifs is 1. The molecule has 5 heteroatoms. The van der Waals surface area contributed by atoms with Gasteiger partial charge in [-0.05, 0) is 59.6 Å².